The third kappa shape index (κ3) is 0.906. The molecule has 0 radical (unpaired) electrons. The van der Waals surface area contributed by atoms with Crippen LogP contribution in [0.1, 0.15) is 10.5 Å². The van der Waals surface area contributed by atoms with E-state index in [4.69, 9.17) is 0 Å². The molecule has 0 fully saturated rings. The quantitative estimate of drug-likeness (QED) is 0.641. The number of aromatic nitrogens is 1. The number of H-pyrrole nitrogens is 1. The van der Waals surface area contributed by atoms with Gasteiger partial charge < -0.3 is 4.98 Å². The zero-order valence-corrected chi connectivity index (χ0v) is 6.17. The number of aldehydes is 1. The number of halogens is 1. The minimum absolute atomic E-state index is 0.308. The Kier molecular flexibility index (Phi) is 1.43. The molecule has 2 rings (SSSR count). The highest BCUT2D eigenvalue weighted by Gasteiger charge is 2.02. The fourth-order valence-electron chi connectivity index (χ4n) is 1.20. The molecule has 2 nitrogen and oxygen atoms in total. The molecule has 0 atom stereocenters. The predicted molar refractivity (Wildman–Crippen MR) is 43.6 cm³/mol. The van der Waals surface area contributed by atoms with E-state index in [1.165, 1.54) is 12.1 Å². The molecule has 1 N–H and O–H groups in total. The Morgan fingerprint density at radius 1 is 1.42 bits per heavy atom. The monoisotopic (exact) mass is 163 g/mol. The van der Waals surface area contributed by atoms with Gasteiger partial charge in [0.15, 0.2) is 6.29 Å². The minimum Gasteiger partial charge on any atom is -0.352 e. The van der Waals surface area contributed by atoms with E-state index in [0.29, 0.717) is 22.9 Å². The molecular weight excluding hydrogens is 157 g/mol. The van der Waals surface area contributed by atoms with E-state index in [-0.39, 0.29) is 5.82 Å². The molecule has 1 aromatic heterocycles. The Labute approximate surface area is 68.0 Å². The average molecular weight is 163 g/mol. The standard InChI is InChI=1S/C9H6FNO/c10-8-2-1-3-9-7(8)4-6(5-12)11-9/h1-5,11H. The van der Waals surface area contributed by atoms with Crippen molar-refractivity contribution >= 4 is 17.2 Å². The zero-order valence-electron chi connectivity index (χ0n) is 6.17. The van der Waals surface area contributed by atoms with Crippen molar-refractivity contribution in [3.05, 3.63) is 35.8 Å². The van der Waals surface area contributed by atoms with E-state index in [1.54, 1.807) is 12.1 Å². The molecule has 0 saturated heterocycles. The molecule has 2 aromatic rings. The summed E-state index contributed by atoms with van der Waals surface area (Å²) in [7, 11) is 0. The van der Waals surface area contributed by atoms with Crippen molar-refractivity contribution in [2.45, 2.75) is 0 Å². The Bertz CT molecular complexity index is 433. The topological polar surface area (TPSA) is 32.9 Å². The minimum atomic E-state index is -0.308. The van der Waals surface area contributed by atoms with Gasteiger partial charge in [-0.05, 0) is 18.2 Å². The molecule has 0 amide bonds. The van der Waals surface area contributed by atoms with Crippen molar-refractivity contribution in [1.29, 1.82) is 0 Å². The van der Waals surface area contributed by atoms with Crippen LogP contribution in [-0.4, -0.2) is 11.3 Å². The van der Waals surface area contributed by atoms with E-state index in [1.807, 2.05) is 0 Å². The lowest BCUT2D eigenvalue weighted by atomic mass is 10.2. The Morgan fingerprint density at radius 3 is 2.92 bits per heavy atom. The van der Waals surface area contributed by atoms with Crippen LogP contribution in [-0.2, 0) is 0 Å². The summed E-state index contributed by atoms with van der Waals surface area (Å²) in [5.74, 6) is -0.308. The molecule has 0 aliphatic heterocycles. The van der Waals surface area contributed by atoms with Gasteiger partial charge in [0.1, 0.15) is 5.82 Å². The number of aromatic amines is 1. The van der Waals surface area contributed by atoms with Crippen molar-refractivity contribution in [3.8, 4) is 0 Å². The SMILES string of the molecule is O=Cc1cc2c(F)cccc2[nH]1. The van der Waals surface area contributed by atoms with E-state index in [2.05, 4.69) is 4.98 Å². The van der Waals surface area contributed by atoms with Gasteiger partial charge in [0, 0.05) is 10.9 Å². The van der Waals surface area contributed by atoms with Crippen LogP contribution in [0.15, 0.2) is 24.3 Å². The lowest BCUT2D eigenvalue weighted by Crippen LogP contribution is -1.74. The van der Waals surface area contributed by atoms with Crippen molar-refractivity contribution < 1.29 is 9.18 Å². The van der Waals surface area contributed by atoms with E-state index in [0.717, 1.165) is 0 Å². The number of hydrogen-bond donors (Lipinski definition) is 1. The lowest BCUT2D eigenvalue weighted by Gasteiger charge is -1.88. The van der Waals surface area contributed by atoms with Crippen molar-refractivity contribution in [3.63, 3.8) is 0 Å². The maximum absolute atomic E-state index is 13.0. The van der Waals surface area contributed by atoms with Gasteiger partial charge in [0.25, 0.3) is 0 Å². The lowest BCUT2D eigenvalue weighted by molar-refractivity contribution is 0.112. The summed E-state index contributed by atoms with van der Waals surface area (Å²) in [5.41, 5.74) is 1.05. The van der Waals surface area contributed by atoms with Crippen molar-refractivity contribution in [1.82, 2.24) is 4.98 Å². The van der Waals surface area contributed by atoms with E-state index >= 15 is 0 Å². The summed E-state index contributed by atoms with van der Waals surface area (Å²) in [6, 6.07) is 6.19. The molecule has 0 aliphatic rings. The highest BCUT2D eigenvalue weighted by molar-refractivity contribution is 5.88. The summed E-state index contributed by atoms with van der Waals surface area (Å²) in [4.78, 5) is 13.1. The van der Waals surface area contributed by atoms with Crippen LogP contribution >= 0.6 is 0 Å². The first-order valence-corrected chi connectivity index (χ1v) is 3.53. The first-order chi connectivity index (χ1) is 5.81. The third-order valence-electron chi connectivity index (χ3n) is 1.76. The second-order valence-corrected chi connectivity index (χ2v) is 2.54. The number of carbonyl (C=O) groups is 1. The van der Waals surface area contributed by atoms with Crippen LogP contribution in [0.4, 0.5) is 4.39 Å². The molecule has 3 heteroatoms. The van der Waals surface area contributed by atoms with Gasteiger partial charge in [0.2, 0.25) is 0 Å². The molecule has 1 heterocycles. The first kappa shape index (κ1) is 7.03. The Hall–Kier alpha value is -1.64. The molecule has 0 saturated carbocycles. The van der Waals surface area contributed by atoms with Gasteiger partial charge in [-0.1, -0.05) is 6.07 Å². The fourth-order valence-corrected chi connectivity index (χ4v) is 1.20. The number of benzene rings is 1. The number of hydrogen-bond acceptors (Lipinski definition) is 1. The second kappa shape index (κ2) is 2.44. The molecule has 0 unspecified atom stereocenters. The number of nitrogens with one attached hydrogen (secondary N) is 1. The van der Waals surface area contributed by atoms with E-state index in [9.17, 15) is 9.18 Å². The molecule has 1 aromatic carbocycles. The van der Waals surface area contributed by atoms with Crippen LogP contribution in [0.25, 0.3) is 10.9 Å². The van der Waals surface area contributed by atoms with Gasteiger partial charge in [-0.15, -0.1) is 0 Å². The average Bonchev–Trinajstić information content (AvgIpc) is 2.49. The second-order valence-electron chi connectivity index (χ2n) is 2.54. The highest BCUT2D eigenvalue weighted by atomic mass is 19.1. The van der Waals surface area contributed by atoms with Gasteiger partial charge in [-0.25, -0.2) is 4.39 Å². The molecule has 12 heavy (non-hydrogen) atoms. The Morgan fingerprint density at radius 2 is 2.25 bits per heavy atom. The molecular formula is C9H6FNO. The molecule has 0 spiro atoms. The van der Waals surface area contributed by atoms with Gasteiger partial charge in [0.05, 0.1) is 5.69 Å². The summed E-state index contributed by atoms with van der Waals surface area (Å²) in [6.45, 7) is 0. The smallest absolute Gasteiger partial charge is 0.166 e. The number of carbonyl (C=O) groups excluding carboxylic acids is 1. The van der Waals surface area contributed by atoms with Crippen molar-refractivity contribution in [2.24, 2.45) is 0 Å². The fraction of sp³-hybridized carbons (Fsp3) is 0. The summed E-state index contributed by atoms with van der Waals surface area (Å²) in [5, 5.41) is 0.458. The van der Waals surface area contributed by atoms with Crippen molar-refractivity contribution in [2.75, 3.05) is 0 Å². The number of rotatable bonds is 1. The van der Waals surface area contributed by atoms with Gasteiger partial charge in [-0.3, -0.25) is 4.79 Å². The van der Waals surface area contributed by atoms with Gasteiger partial charge >= 0.3 is 0 Å². The maximum Gasteiger partial charge on any atom is 0.166 e. The Balaban J connectivity index is 2.82. The van der Waals surface area contributed by atoms with E-state index < -0.39 is 0 Å². The van der Waals surface area contributed by atoms with Crippen LogP contribution < -0.4 is 0 Å². The van der Waals surface area contributed by atoms with Gasteiger partial charge in [-0.2, -0.15) is 0 Å². The number of fused-ring (bicyclic) bond motifs is 1. The first-order valence-electron chi connectivity index (χ1n) is 3.53. The summed E-state index contributed by atoms with van der Waals surface area (Å²) < 4.78 is 13.0. The zero-order chi connectivity index (χ0) is 8.55. The van der Waals surface area contributed by atoms with Crippen LogP contribution in [0.3, 0.4) is 0 Å². The summed E-state index contributed by atoms with van der Waals surface area (Å²) in [6.07, 6.45) is 0.666. The van der Waals surface area contributed by atoms with Crippen LogP contribution in [0, 0.1) is 5.82 Å². The molecule has 0 bridgehead atoms. The normalized spacial score (nSPS) is 10.4. The van der Waals surface area contributed by atoms with Crippen LogP contribution in [0.5, 0.6) is 0 Å². The summed E-state index contributed by atoms with van der Waals surface area (Å²) >= 11 is 0. The molecule has 60 valence electrons. The molecule has 0 aliphatic carbocycles. The maximum atomic E-state index is 13.0. The predicted octanol–water partition coefficient (Wildman–Crippen LogP) is 2.12. The van der Waals surface area contributed by atoms with Crippen LogP contribution in [0.2, 0.25) is 0 Å². The largest absolute Gasteiger partial charge is 0.352 e. The highest BCUT2D eigenvalue weighted by Crippen LogP contribution is 2.17. The third-order valence-corrected chi connectivity index (χ3v) is 1.76.